The third kappa shape index (κ3) is 5.39. The Morgan fingerprint density at radius 1 is 1.26 bits per heavy atom. The summed E-state index contributed by atoms with van der Waals surface area (Å²) in [6.45, 7) is 3.92. The standard InChI is InChI=1S/C22H24F3N7O3/c1-12-20-17(31(3)13(2)21(33)28-20)8-19(27-12)26-9-15-11-32(30-29-15)10-14-5-6-16(34-4)7-18(14)35-22(23,24)25/h5-8,11,13H,9-10H2,1-4H3,(H,26,27)(H,28,33)/t13-/m0/s1. The molecule has 1 aromatic carbocycles. The van der Waals surface area contributed by atoms with Crippen LogP contribution in [0.5, 0.6) is 11.5 Å². The van der Waals surface area contributed by atoms with Gasteiger partial charge in [0.2, 0.25) is 5.91 Å². The number of amides is 1. The van der Waals surface area contributed by atoms with Crippen molar-refractivity contribution in [3.63, 3.8) is 0 Å². The molecule has 0 bridgehead atoms. The quantitative estimate of drug-likeness (QED) is 0.519. The Hall–Kier alpha value is -4.03. The van der Waals surface area contributed by atoms with E-state index >= 15 is 0 Å². The number of nitrogens with one attached hydrogen (secondary N) is 2. The second-order valence-corrected chi connectivity index (χ2v) is 8.05. The summed E-state index contributed by atoms with van der Waals surface area (Å²) in [6, 6.07) is 5.71. The van der Waals surface area contributed by atoms with Gasteiger partial charge in [0, 0.05) is 24.7 Å². The number of carbonyl (C=O) groups is 1. The Bertz CT molecular complexity index is 1250. The molecule has 1 aliphatic rings. The van der Waals surface area contributed by atoms with Gasteiger partial charge < -0.3 is 25.0 Å². The zero-order chi connectivity index (χ0) is 25.3. The third-order valence-corrected chi connectivity index (χ3v) is 5.64. The summed E-state index contributed by atoms with van der Waals surface area (Å²) in [6.07, 6.45) is -3.22. The Kier molecular flexibility index (Phi) is 6.41. The van der Waals surface area contributed by atoms with Crippen LogP contribution >= 0.6 is 0 Å². The Labute approximate surface area is 199 Å². The molecule has 2 N–H and O–H groups in total. The number of fused-ring (bicyclic) bond motifs is 1. The largest absolute Gasteiger partial charge is 0.573 e. The summed E-state index contributed by atoms with van der Waals surface area (Å²) in [5, 5.41) is 14.1. The van der Waals surface area contributed by atoms with Crippen molar-refractivity contribution >= 4 is 23.1 Å². The number of hydrogen-bond acceptors (Lipinski definition) is 8. The highest BCUT2D eigenvalue weighted by Crippen LogP contribution is 2.35. The van der Waals surface area contributed by atoms with E-state index in [2.05, 4.69) is 30.7 Å². The van der Waals surface area contributed by atoms with E-state index in [9.17, 15) is 18.0 Å². The molecule has 3 heterocycles. The molecule has 0 unspecified atom stereocenters. The maximum atomic E-state index is 12.8. The molecule has 1 amide bonds. The summed E-state index contributed by atoms with van der Waals surface area (Å²) in [4.78, 5) is 18.5. The van der Waals surface area contributed by atoms with Gasteiger partial charge in [0.15, 0.2) is 0 Å². The van der Waals surface area contributed by atoms with Crippen LogP contribution in [0.1, 0.15) is 23.9 Å². The van der Waals surface area contributed by atoms with Crippen molar-refractivity contribution < 1.29 is 27.4 Å². The van der Waals surface area contributed by atoms with Gasteiger partial charge in [-0.1, -0.05) is 5.21 Å². The van der Waals surface area contributed by atoms with Crippen molar-refractivity contribution in [1.29, 1.82) is 0 Å². The van der Waals surface area contributed by atoms with Crippen molar-refractivity contribution in [3.8, 4) is 11.5 Å². The minimum absolute atomic E-state index is 0.0149. The van der Waals surface area contributed by atoms with Gasteiger partial charge in [-0.3, -0.25) is 4.79 Å². The molecule has 0 radical (unpaired) electrons. The van der Waals surface area contributed by atoms with E-state index in [0.29, 0.717) is 22.9 Å². The van der Waals surface area contributed by atoms with Crippen molar-refractivity contribution in [2.45, 2.75) is 39.3 Å². The van der Waals surface area contributed by atoms with Crippen molar-refractivity contribution in [2.75, 3.05) is 29.7 Å². The topological polar surface area (TPSA) is 106 Å². The number of benzene rings is 1. The minimum atomic E-state index is -4.84. The lowest BCUT2D eigenvalue weighted by Gasteiger charge is -2.34. The molecule has 3 aromatic rings. The molecule has 35 heavy (non-hydrogen) atoms. The first-order chi connectivity index (χ1) is 16.5. The van der Waals surface area contributed by atoms with Gasteiger partial charge in [-0.25, -0.2) is 9.67 Å². The van der Waals surface area contributed by atoms with Crippen molar-refractivity contribution in [2.24, 2.45) is 0 Å². The Balaban J connectivity index is 1.47. The number of aromatic nitrogens is 4. The lowest BCUT2D eigenvalue weighted by atomic mass is 10.1. The molecule has 186 valence electrons. The number of methoxy groups -OCH3 is 1. The zero-order valence-electron chi connectivity index (χ0n) is 19.5. The van der Waals surface area contributed by atoms with Crippen LogP contribution in [-0.2, 0) is 17.9 Å². The predicted molar refractivity (Wildman–Crippen MR) is 122 cm³/mol. The summed E-state index contributed by atoms with van der Waals surface area (Å²) >= 11 is 0. The van der Waals surface area contributed by atoms with Crippen LogP contribution in [0.4, 0.5) is 30.4 Å². The smallest absolute Gasteiger partial charge is 0.497 e. The van der Waals surface area contributed by atoms with E-state index in [1.54, 1.807) is 19.2 Å². The third-order valence-electron chi connectivity index (χ3n) is 5.64. The van der Waals surface area contributed by atoms with Gasteiger partial charge in [0.05, 0.1) is 43.5 Å². The number of pyridine rings is 1. The fourth-order valence-electron chi connectivity index (χ4n) is 3.66. The number of rotatable bonds is 7. The number of carbonyl (C=O) groups excluding carboxylic acids is 1. The average Bonchev–Trinajstić information content (AvgIpc) is 3.24. The lowest BCUT2D eigenvalue weighted by Crippen LogP contribution is -2.44. The molecule has 0 saturated heterocycles. The first kappa shape index (κ1) is 24.1. The fourth-order valence-corrected chi connectivity index (χ4v) is 3.66. The van der Waals surface area contributed by atoms with Crippen molar-refractivity contribution in [3.05, 3.63) is 47.4 Å². The molecule has 0 fully saturated rings. The highest BCUT2D eigenvalue weighted by atomic mass is 19.4. The molecule has 0 aliphatic carbocycles. The second-order valence-electron chi connectivity index (χ2n) is 8.05. The predicted octanol–water partition coefficient (Wildman–Crippen LogP) is 3.33. The number of anilines is 3. The maximum Gasteiger partial charge on any atom is 0.573 e. The number of halogens is 3. The van der Waals surface area contributed by atoms with Gasteiger partial charge in [-0.2, -0.15) is 0 Å². The first-order valence-corrected chi connectivity index (χ1v) is 10.6. The van der Waals surface area contributed by atoms with Crippen LogP contribution < -0.4 is 25.0 Å². The number of nitrogens with zero attached hydrogens (tertiary/aromatic N) is 5. The lowest BCUT2D eigenvalue weighted by molar-refractivity contribution is -0.274. The van der Waals surface area contributed by atoms with Crippen LogP contribution in [0.25, 0.3) is 0 Å². The molecule has 0 spiro atoms. The van der Waals surface area contributed by atoms with E-state index in [1.807, 2.05) is 24.9 Å². The average molecular weight is 491 g/mol. The SMILES string of the molecule is COc1ccc(Cn2cc(CNc3cc4c(c(C)n3)NC(=O)[C@H](C)N4C)nn2)c(OC(F)(F)F)c1. The number of alkyl halides is 3. The first-order valence-electron chi connectivity index (χ1n) is 10.6. The molecule has 1 atom stereocenters. The number of hydrogen-bond donors (Lipinski definition) is 2. The van der Waals surface area contributed by atoms with Gasteiger partial charge >= 0.3 is 6.36 Å². The second kappa shape index (κ2) is 9.31. The Morgan fingerprint density at radius 3 is 2.74 bits per heavy atom. The van der Waals surface area contributed by atoms with E-state index in [-0.39, 0.29) is 42.1 Å². The molecule has 2 aromatic heterocycles. The van der Waals surface area contributed by atoms with E-state index in [0.717, 1.165) is 5.69 Å². The summed E-state index contributed by atoms with van der Waals surface area (Å²) in [5.74, 6) is 0.361. The monoisotopic (exact) mass is 491 g/mol. The summed E-state index contributed by atoms with van der Waals surface area (Å²) in [5.41, 5.74) is 3.00. The Morgan fingerprint density at radius 2 is 2.03 bits per heavy atom. The van der Waals surface area contributed by atoms with Crippen LogP contribution in [0, 0.1) is 6.92 Å². The molecule has 13 heteroatoms. The van der Waals surface area contributed by atoms with E-state index in [1.165, 1.54) is 23.9 Å². The molecule has 0 saturated carbocycles. The van der Waals surface area contributed by atoms with Crippen LogP contribution in [0.3, 0.4) is 0 Å². The fraction of sp³-hybridized carbons (Fsp3) is 0.364. The van der Waals surface area contributed by atoms with Crippen LogP contribution in [0.2, 0.25) is 0 Å². The molecule has 4 rings (SSSR count). The zero-order valence-corrected chi connectivity index (χ0v) is 19.5. The summed E-state index contributed by atoms with van der Waals surface area (Å²) < 4.78 is 49.0. The number of likely N-dealkylation sites (N-methyl/N-ethyl adjacent to an activating group) is 1. The number of ether oxygens (including phenoxy) is 2. The van der Waals surface area contributed by atoms with E-state index in [4.69, 9.17) is 4.74 Å². The van der Waals surface area contributed by atoms with Gasteiger partial charge in [-0.05, 0) is 26.0 Å². The van der Waals surface area contributed by atoms with Crippen LogP contribution in [-0.4, -0.2) is 52.4 Å². The van der Waals surface area contributed by atoms with Crippen molar-refractivity contribution in [1.82, 2.24) is 20.0 Å². The van der Waals surface area contributed by atoms with Gasteiger partial charge in [0.1, 0.15) is 29.1 Å². The normalized spacial score (nSPS) is 15.5. The number of aryl methyl sites for hydroxylation is 1. The minimum Gasteiger partial charge on any atom is -0.497 e. The maximum absolute atomic E-state index is 12.8. The highest BCUT2D eigenvalue weighted by molar-refractivity contribution is 6.04. The van der Waals surface area contributed by atoms with Crippen LogP contribution in [0.15, 0.2) is 30.5 Å². The summed E-state index contributed by atoms with van der Waals surface area (Å²) in [7, 11) is 3.20. The van der Waals surface area contributed by atoms with E-state index < -0.39 is 6.36 Å². The molecule has 10 nitrogen and oxygen atoms in total. The molecular weight excluding hydrogens is 467 g/mol. The highest BCUT2D eigenvalue weighted by Gasteiger charge is 2.32. The van der Waals surface area contributed by atoms with Gasteiger partial charge in [0.25, 0.3) is 0 Å². The molecular formula is C22H24F3N7O3. The molecule has 1 aliphatic heterocycles. The van der Waals surface area contributed by atoms with Gasteiger partial charge in [-0.15, -0.1) is 18.3 Å².